The molecule has 0 bridgehead atoms. The van der Waals surface area contributed by atoms with Crippen molar-refractivity contribution in [1.29, 1.82) is 0 Å². The summed E-state index contributed by atoms with van der Waals surface area (Å²) in [5, 5.41) is 3.30. The SMILES string of the molecule is COc1ccc(Oc2cc(NC(C)C(=O)N3CCc4ccccc43)ccc2OC)cc1. The molecule has 0 radical (unpaired) electrons. The number of anilines is 2. The van der Waals surface area contributed by atoms with Crippen LogP contribution in [0.4, 0.5) is 11.4 Å². The summed E-state index contributed by atoms with van der Waals surface area (Å²) in [5.74, 6) is 2.62. The summed E-state index contributed by atoms with van der Waals surface area (Å²) in [7, 11) is 3.22. The fraction of sp³-hybridized carbons (Fsp3) is 0.240. The molecule has 1 atom stereocenters. The molecule has 6 heteroatoms. The average molecular weight is 418 g/mol. The van der Waals surface area contributed by atoms with E-state index >= 15 is 0 Å². The van der Waals surface area contributed by atoms with E-state index in [9.17, 15) is 4.79 Å². The molecule has 1 heterocycles. The second kappa shape index (κ2) is 9.00. The Morgan fingerprint density at radius 3 is 2.42 bits per heavy atom. The molecule has 0 saturated heterocycles. The van der Waals surface area contributed by atoms with Crippen LogP contribution in [0.3, 0.4) is 0 Å². The number of nitrogens with one attached hydrogen (secondary N) is 1. The third kappa shape index (κ3) is 4.43. The maximum atomic E-state index is 13.1. The minimum absolute atomic E-state index is 0.0402. The van der Waals surface area contributed by atoms with E-state index in [1.165, 1.54) is 5.56 Å². The molecule has 1 amide bonds. The number of amides is 1. The van der Waals surface area contributed by atoms with Crippen LogP contribution in [0.15, 0.2) is 66.7 Å². The maximum Gasteiger partial charge on any atom is 0.249 e. The normalized spacial score (nSPS) is 13.3. The smallest absolute Gasteiger partial charge is 0.249 e. The summed E-state index contributed by atoms with van der Waals surface area (Å²) in [6.45, 7) is 2.58. The number of para-hydroxylation sites is 1. The van der Waals surface area contributed by atoms with Gasteiger partial charge in [-0.1, -0.05) is 18.2 Å². The highest BCUT2D eigenvalue weighted by atomic mass is 16.5. The number of carbonyl (C=O) groups is 1. The Hall–Kier alpha value is -3.67. The minimum atomic E-state index is -0.395. The van der Waals surface area contributed by atoms with Gasteiger partial charge in [-0.2, -0.15) is 0 Å². The largest absolute Gasteiger partial charge is 0.497 e. The van der Waals surface area contributed by atoms with Gasteiger partial charge in [-0.05, 0) is 61.4 Å². The number of methoxy groups -OCH3 is 2. The Bertz CT molecular complexity index is 1070. The van der Waals surface area contributed by atoms with E-state index < -0.39 is 6.04 Å². The first-order valence-electron chi connectivity index (χ1n) is 10.2. The molecular weight excluding hydrogens is 392 g/mol. The van der Waals surface area contributed by atoms with Gasteiger partial charge in [-0.3, -0.25) is 4.79 Å². The van der Waals surface area contributed by atoms with Crippen molar-refractivity contribution in [3.8, 4) is 23.0 Å². The van der Waals surface area contributed by atoms with Gasteiger partial charge in [0.05, 0.1) is 14.2 Å². The first-order chi connectivity index (χ1) is 15.1. The van der Waals surface area contributed by atoms with E-state index in [4.69, 9.17) is 14.2 Å². The van der Waals surface area contributed by atoms with Crippen LogP contribution in [0.25, 0.3) is 0 Å². The lowest BCUT2D eigenvalue weighted by Gasteiger charge is -2.23. The fourth-order valence-corrected chi connectivity index (χ4v) is 3.73. The van der Waals surface area contributed by atoms with Crippen LogP contribution >= 0.6 is 0 Å². The molecule has 4 rings (SSSR count). The Labute approximate surface area is 182 Å². The fourth-order valence-electron chi connectivity index (χ4n) is 3.73. The molecule has 0 spiro atoms. The average Bonchev–Trinajstić information content (AvgIpc) is 3.23. The molecule has 6 nitrogen and oxygen atoms in total. The Morgan fingerprint density at radius 1 is 0.935 bits per heavy atom. The lowest BCUT2D eigenvalue weighted by atomic mass is 10.2. The van der Waals surface area contributed by atoms with E-state index in [1.54, 1.807) is 14.2 Å². The highest BCUT2D eigenvalue weighted by Crippen LogP contribution is 2.35. The number of nitrogens with zero attached hydrogens (tertiary/aromatic N) is 1. The lowest BCUT2D eigenvalue weighted by molar-refractivity contribution is -0.118. The van der Waals surface area contributed by atoms with E-state index in [0.717, 1.165) is 23.5 Å². The Kier molecular flexibility index (Phi) is 5.98. The van der Waals surface area contributed by atoms with Gasteiger partial charge in [0.15, 0.2) is 11.5 Å². The predicted octanol–water partition coefficient (Wildman–Crippen LogP) is 4.89. The van der Waals surface area contributed by atoms with Crippen molar-refractivity contribution in [2.75, 3.05) is 31.0 Å². The van der Waals surface area contributed by atoms with Crippen LogP contribution in [0.1, 0.15) is 12.5 Å². The molecule has 1 aliphatic rings. The number of carbonyl (C=O) groups excluding carboxylic acids is 1. The summed E-state index contributed by atoms with van der Waals surface area (Å²) in [6, 6.07) is 20.5. The van der Waals surface area contributed by atoms with E-state index in [1.807, 2.05) is 72.5 Å². The van der Waals surface area contributed by atoms with Crippen molar-refractivity contribution in [2.45, 2.75) is 19.4 Å². The molecule has 1 aliphatic heterocycles. The maximum absolute atomic E-state index is 13.1. The summed E-state index contributed by atoms with van der Waals surface area (Å²) >= 11 is 0. The lowest BCUT2D eigenvalue weighted by Crippen LogP contribution is -2.40. The topological polar surface area (TPSA) is 60.0 Å². The van der Waals surface area contributed by atoms with Gasteiger partial charge in [-0.25, -0.2) is 0 Å². The molecule has 0 aliphatic carbocycles. The first kappa shape index (κ1) is 20.6. The van der Waals surface area contributed by atoms with E-state index in [2.05, 4.69) is 11.4 Å². The highest BCUT2D eigenvalue weighted by Gasteiger charge is 2.27. The van der Waals surface area contributed by atoms with Gasteiger partial charge < -0.3 is 24.4 Å². The van der Waals surface area contributed by atoms with Crippen molar-refractivity contribution in [3.05, 3.63) is 72.3 Å². The van der Waals surface area contributed by atoms with Gasteiger partial charge in [0.2, 0.25) is 5.91 Å². The first-order valence-corrected chi connectivity index (χ1v) is 10.2. The van der Waals surface area contributed by atoms with Crippen molar-refractivity contribution < 1.29 is 19.0 Å². The zero-order valence-corrected chi connectivity index (χ0v) is 17.9. The molecule has 3 aromatic carbocycles. The molecule has 3 aromatic rings. The van der Waals surface area contributed by atoms with Crippen LogP contribution in [-0.4, -0.2) is 32.7 Å². The third-order valence-electron chi connectivity index (χ3n) is 5.36. The van der Waals surface area contributed by atoms with Crippen LogP contribution < -0.4 is 24.4 Å². The van der Waals surface area contributed by atoms with Gasteiger partial charge in [0.1, 0.15) is 17.5 Å². The monoisotopic (exact) mass is 418 g/mol. The number of rotatable bonds is 7. The number of hydrogen-bond donors (Lipinski definition) is 1. The van der Waals surface area contributed by atoms with E-state index in [0.29, 0.717) is 23.8 Å². The summed E-state index contributed by atoms with van der Waals surface area (Å²) < 4.78 is 16.6. The van der Waals surface area contributed by atoms with Crippen molar-refractivity contribution in [1.82, 2.24) is 0 Å². The van der Waals surface area contributed by atoms with Crippen molar-refractivity contribution in [2.24, 2.45) is 0 Å². The second-order valence-corrected chi connectivity index (χ2v) is 7.38. The molecule has 0 saturated carbocycles. The number of benzene rings is 3. The molecule has 0 aromatic heterocycles. The zero-order valence-electron chi connectivity index (χ0n) is 17.9. The summed E-state index contributed by atoms with van der Waals surface area (Å²) in [4.78, 5) is 14.9. The van der Waals surface area contributed by atoms with Crippen LogP contribution in [0, 0.1) is 0 Å². The second-order valence-electron chi connectivity index (χ2n) is 7.38. The van der Waals surface area contributed by atoms with Crippen LogP contribution in [0.2, 0.25) is 0 Å². The van der Waals surface area contributed by atoms with Gasteiger partial charge >= 0.3 is 0 Å². The molecular formula is C25H26N2O4. The van der Waals surface area contributed by atoms with Crippen molar-refractivity contribution >= 4 is 17.3 Å². The molecule has 1 N–H and O–H groups in total. The molecule has 31 heavy (non-hydrogen) atoms. The molecule has 1 unspecified atom stereocenters. The molecule has 0 fully saturated rings. The number of fused-ring (bicyclic) bond motifs is 1. The highest BCUT2D eigenvalue weighted by molar-refractivity contribution is 6.00. The van der Waals surface area contributed by atoms with E-state index in [-0.39, 0.29) is 5.91 Å². The van der Waals surface area contributed by atoms with Gasteiger partial charge in [0.25, 0.3) is 0 Å². The molecule has 160 valence electrons. The van der Waals surface area contributed by atoms with Crippen molar-refractivity contribution in [3.63, 3.8) is 0 Å². The predicted molar refractivity (Wildman–Crippen MR) is 122 cm³/mol. The standard InChI is InChI=1S/C25H26N2O4/c1-17(25(28)27-15-14-18-6-4-5-7-22(18)27)26-19-8-13-23(30-3)24(16-19)31-21-11-9-20(29-2)10-12-21/h4-13,16-17,26H,14-15H2,1-3H3. The summed E-state index contributed by atoms with van der Waals surface area (Å²) in [5.41, 5.74) is 2.99. The quantitative estimate of drug-likeness (QED) is 0.592. The minimum Gasteiger partial charge on any atom is -0.497 e. The van der Waals surface area contributed by atoms with Gasteiger partial charge in [0, 0.05) is 24.0 Å². The zero-order chi connectivity index (χ0) is 21.8. The summed E-state index contributed by atoms with van der Waals surface area (Å²) in [6.07, 6.45) is 0.886. The Balaban J connectivity index is 1.49. The number of hydrogen-bond acceptors (Lipinski definition) is 5. The van der Waals surface area contributed by atoms with Crippen LogP contribution in [-0.2, 0) is 11.2 Å². The van der Waals surface area contributed by atoms with Gasteiger partial charge in [-0.15, -0.1) is 0 Å². The third-order valence-corrected chi connectivity index (χ3v) is 5.36. The Morgan fingerprint density at radius 2 is 1.68 bits per heavy atom. The number of ether oxygens (including phenoxy) is 3. The van der Waals surface area contributed by atoms with Crippen LogP contribution in [0.5, 0.6) is 23.0 Å².